The Morgan fingerprint density at radius 2 is 1.88 bits per heavy atom. The van der Waals surface area contributed by atoms with Gasteiger partial charge >= 0.3 is 0 Å². The van der Waals surface area contributed by atoms with Crippen LogP contribution in [0.3, 0.4) is 0 Å². The van der Waals surface area contributed by atoms with Gasteiger partial charge in [-0.1, -0.05) is 20.8 Å². The van der Waals surface area contributed by atoms with Crippen molar-refractivity contribution < 1.29 is 18.6 Å². The van der Waals surface area contributed by atoms with Gasteiger partial charge in [-0.3, -0.25) is 0 Å². The third kappa shape index (κ3) is 4.54. The molecule has 17 heavy (non-hydrogen) atoms. The molecule has 0 saturated heterocycles. The van der Waals surface area contributed by atoms with Crippen LogP contribution >= 0.6 is 0 Å². The first kappa shape index (κ1) is 14.9. The molecule has 102 valence electrons. The fourth-order valence-corrected chi connectivity index (χ4v) is 3.07. The lowest BCUT2D eigenvalue weighted by Gasteiger charge is -2.29. The summed E-state index contributed by atoms with van der Waals surface area (Å²) in [4.78, 5) is 0. The van der Waals surface area contributed by atoms with Crippen molar-refractivity contribution in [2.45, 2.75) is 57.4 Å². The van der Waals surface area contributed by atoms with Gasteiger partial charge in [-0.25, -0.2) is 13.1 Å². The lowest BCUT2D eigenvalue weighted by Crippen LogP contribution is -2.43. The Morgan fingerprint density at radius 3 is 2.24 bits per heavy atom. The van der Waals surface area contributed by atoms with Gasteiger partial charge in [0.2, 0.25) is 10.0 Å². The molecule has 1 aliphatic carbocycles. The molecule has 3 N–H and O–H groups in total. The molecule has 0 aromatic rings. The van der Waals surface area contributed by atoms with Gasteiger partial charge in [-0.2, -0.15) is 0 Å². The SMILES string of the molecule is CC(C)(C)[C@@H](O)C[C@@H](CO)NS(=O)(=O)C1CC1. The predicted octanol–water partition coefficient (Wildman–Crippen LogP) is 0.226. The standard InChI is InChI=1S/C11H23NO4S/c1-11(2,3)10(14)6-8(7-13)12-17(15,16)9-4-5-9/h8-10,12-14H,4-7H2,1-3H3/t8-,10-/m0/s1. The zero-order chi connectivity index (χ0) is 13.3. The molecule has 0 aliphatic heterocycles. The summed E-state index contributed by atoms with van der Waals surface area (Å²) in [6, 6.07) is -0.602. The number of sulfonamides is 1. The van der Waals surface area contributed by atoms with E-state index >= 15 is 0 Å². The summed E-state index contributed by atoms with van der Waals surface area (Å²) in [5.41, 5.74) is -0.321. The lowest BCUT2D eigenvalue weighted by atomic mass is 9.86. The maximum atomic E-state index is 11.7. The predicted molar refractivity (Wildman–Crippen MR) is 66.0 cm³/mol. The third-order valence-electron chi connectivity index (χ3n) is 3.02. The third-order valence-corrected chi connectivity index (χ3v) is 5.03. The van der Waals surface area contributed by atoms with Crippen LogP contribution in [0.4, 0.5) is 0 Å². The second kappa shape index (κ2) is 5.22. The Balaban J connectivity index is 2.54. The normalized spacial score (nSPS) is 21.2. The average molecular weight is 265 g/mol. The van der Waals surface area contributed by atoms with E-state index in [-0.39, 0.29) is 23.7 Å². The fourth-order valence-electron chi connectivity index (χ4n) is 1.49. The van der Waals surface area contributed by atoms with Crippen LogP contribution in [0.25, 0.3) is 0 Å². The maximum Gasteiger partial charge on any atom is 0.214 e. The summed E-state index contributed by atoms with van der Waals surface area (Å²) in [7, 11) is -3.31. The van der Waals surface area contributed by atoms with Crippen LogP contribution in [0.15, 0.2) is 0 Å². The van der Waals surface area contributed by atoms with E-state index in [1.165, 1.54) is 0 Å². The van der Waals surface area contributed by atoms with Crippen molar-refractivity contribution in [1.29, 1.82) is 0 Å². The summed E-state index contributed by atoms with van der Waals surface area (Å²) >= 11 is 0. The molecule has 0 radical (unpaired) electrons. The van der Waals surface area contributed by atoms with Gasteiger partial charge < -0.3 is 10.2 Å². The van der Waals surface area contributed by atoms with Crippen LogP contribution in [0.5, 0.6) is 0 Å². The fraction of sp³-hybridized carbons (Fsp3) is 1.00. The number of aliphatic hydroxyl groups is 2. The molecule has 0 aromatic carbocycles. The number of hydrogen-bond donors (Lipinski definition) is 3. The van der Waals surface area contributed by atoms with Gasteiger partial charge in [0.05, 0.1) is 18.0 Å². The van der Waals surface area contributed by atoms with E-state index in [0.717, 1.165) is 0 Å². The van der Waals surface area contributed by atoms with Crippen LogP contribution in [0.2, 0.25) is 0 Å². The van der Waals surface area contributed by atoms with E-state index in [0.29, 0.717) is 12.8 Å². The molecule has 1 saturated carbocycles. The van der Waals surface area contributed by atoms with Crippen LogP contribution in [0.1, 0.15) is 40.0 Å². The maximum absolute atomic E-state index is 11.7. The molecule has 0 spiro atoms. The number of hydrogen-bond acceptors (Lipinski definition) is 4. The van der Waals surface area contributed by atoms with Crippen molar-refractivity contribution in [2.24, 2.45) is 5.41 Å². The monoisotopic (exact) mass is 265 g/mol. The minimum absolute atomic E-state index is 0.228. The Labute approximate surface area is 103 Å². The lowest BCUT2D eigenvalue weighted by molar-refractivity contribution is 0.0420. The van der Waals surface area contributed by atoms with E-state index in [9.17, 15) is 13.5 Å². The van der Waals surface area contributed by atoms with E-state index in [1.54, 1.807) is 0 Å². The molecule has 0 bridgehead atoms. The van der Waals surface area contributed by atoms with Gasteiger partial charge in [0.15, 0.2) is 0 Å². The first-order valence-corrected chi connectivity index (χ1v) is 7.51. The highest BCUT2D eigenvalue weighted by molar-refractivity contribution is 7.90. The minimum Gasteiger partial charge on any atom is -0.395 e. The molecule has 0 amide bonds. The summed E-state index contributed by atoms with van der Waals surface area (Å²) in [6.45, 7) is 5.34. The zero-order valence-corrected chi connectivity index (χ0v) is 11.5. The van der Waals surface area contributed by atoms with E-state index in [4.69, 9.17) is 5.11 Å². The summed E-state index contributed by atoms with van der Waals surface area (Å²) < 4.78 is 25.8. The number of nitrogens with one attached hydrogen (secondary N) is 1. The number of aliphatic hydroxyl groups excluding tert-OH is 2. The van der Waals surface area contributed by atoms with E-state index in [1.807, 2.05) is 20.8 Å². The number of rotatable bonds is 6. The molecule has 5 nitrogen and oxygen atoms in total. The van der Waals surface area contributed by atoms with Gasteiger partial charge in [0.1, 0.15) is 0 Å². The van der Waals surface area contributed by atoms with Gasteiger partial charge in [0, 0.05) is 6.04 Å². The molecular weight excluding hydrogens is 242 g/mol. The molecular formula is C11H23NO4S. The van der Waals surface area contributed by atoms with Gasteiger partial charge in [-0.15, -0.1) is 0 Å². The molecule has 0 aromatic heterocycles. The Morgan fingerprint density at radius 1 is 1.35 bits per heavy atom. The average Bonchev–Trinajstić information content (AvgIpc) is 2.97. The topological polar surface area (TPSA) is 86.6 Å². The quantitative estimate of drug-likeness (QED) is 0.641. The van der Waals surface area contributed by atoms with Crippen LogP contribution < -0.4 is 4.72 Å². The van der Waals surface area contributed by atoms with E-state index < -0.39 is 22.2 Å². The van der Waals surface area contributed by atoms with Crippen molar-refractivity contribution in [2.75, 3.05) is 6.61 Å². The van der Waals surface area contributed by atoms with Crippen LogP contribution in [-0.2, 0) is 10.0 Å². The second-order valence-electron chi connectivity index (χ2n) is 5.86. The van der Waals surface area contributed by atoms with Crippen molar-refractivity contribution in [3.05, 3.63) is 0 Å². The highest BCUT2D eigenvalue weighted by Crippen LogP contribution is 2.28. The van der Waals surface area contributed by atoms with Crippen LogP contribution in [-0.4, -0.2) is 42.6 Å². The Bertz CT molecular complexity index is 343. The first-order chi connectivity index (χ1) is 7.66. The molecule has 2 atom stereocenters. The van der Waals surface area contributed by atoms with Gasteiger partial charge in [0.25, 0.3) is 0 Å². The Kier molecular flexibility index (Phi) is 4.57. The smallest absolute Gasteiger partial charge is 0.214 e. The van der Waals surface area contributed by atoms with Crippen molar-refractivity contribution in [3.63, 3.8) is 0 Å². The first-order valence-electron chi connectivity index (χ1n) is 5.97. The van der Waals surface area contributed by atoms with Crippen molar-refractivity contribution in [1.82, 2.24) is 4.72 Å². The summed E-state index contributed by atoms with van der Waals surface area (Å²) in [5.74, 6) is 0. The molecule has 1 aliphatic rings. The summed E-state index contributed by atoms with van der Waals surface area (Å²) in [5, 5.41) is 18.8. The molecule has 1 fully saturated rings. The van der Waals surface area contributed by atoms with Crippen molar-refractivity contribution >= 4 is 10.0 Å². The van der Waals surface area contributed by atoms with E-state index in [2.05, 4.69) is 4.72 Å². The van der Waals surface area contributed by atoms with Crippen LogP contribution in [0, 0.1) is 5.41 Å². The highest BCUT2D eigenvalue weighted by Gasteiger charge is 2.37. The zero-order valence-electron chi connectivity index (χ0n) is 10.7. The largest absolute Gasteiger partial charge is 0.395 e. The minimum atomic E-state index is -3.31. The molecule has 6 heteroatoms. The van der Waals surface area contributed by atoms with Gasteiger partial charge in [-0.05, 0) is 24.7 Å². The summed E-state index contributed by atoms with van der Waals surface area (Å²) in [6.07, 6.45) is 0.956. The van der Waals surface area contributed by atoms with Crippen molar-refractivity contribution in [3.8, 4) is 0 Å². The molecule has 1 rings (SSSR count). The molecule has 0 heterocycles. The highest BCUT2D eigenvalue weighted by atomic mass is 32.2. The second-order valence-corrected chi connectivity index (χ2v) is 7.85. The molecule has 0 unspecified atom stereocenters. The Hall–Kier alpha value is -0.170.